The third-order valence-electron chi connectivity index (χ3n) is 4.58. The van der Waals surface area contributed by atoms with Gasteiger partial charge in [-0.25, -0.2) is 0 Å². The highest BCUT2D eigenvalue weighted by Gasteiger charge is 2.29. The number of unbranched alkanes of at least 4 members (excludes halogenated alkanes) is 3. The average Bonchev–Trinajstić information content (AvgIpc) is 2.35. The van der Waals surface area contributed by atoms with Crippen LogP contribution in [0.2, 0.25) is 0 Å². The summed E-state index contributed by atoms with van der Waals surface area (Å²) in [6.07, 6.45) is 11.8. The number of hydrogen-bond donors (Lipinski definition) is 0. The third-order valence-corrected chi connectivity index (χ3v) is 4.58. The van der Waals surface area contributed by atoms with Crippen molar-refractivity contribution in [1.82, 2.24) is 4.90 Å². The maximum atomic E-state index is 6.16. The van der Waals surface area contributed by atoms with Gasteiger partial charge < -0.3 is 9.64 Å². The van der Waals surface area contributed by atoms with Crippen molar-refractivity contribution in [2.75, 3.05) is 19.6 Å². The van der Waals surface area contributed by atoms with Crippen molar-refractivity contribution in [1.29, 1.82) is 0 Å². The van der Waals surface area contributed by atoms with E-state index in [1.165, 1.54) is 71.0 Å². The normalized spacial score (nSPS) is 30.3. The lowest BCUT2D eigenvalue weighted by Gasteiger charge is -2.39. The maximum absolute atomic E-state index is 6.16. The van der Waals surface area contributed by atoms with E-state index in [-0.39, 0.29) is 0 Å². The molecule has 0 aromatic carbocycles. The van der Waals surface area contributed by atoms with Crippen molar-refractivity contribution in [3.8, 4) is 0 Å². The number of likely N-dealkylation sites (tertiary alicyclic amines) is 1. The predicted molar refractivity (Wildman–Crippen MR) is 76.9 cm³/mol. The smallest absolute Gasteiger partial charge is 0.0603 e. The Balaban J connectivity index is 1.51. The second kappa shape index (κ2) is 7.49. The topological polar surface area (TPSA) is 12.5 Å². The summed E-state index contributed by atoms with van der Waals surface area (Å²) in [5.74, 6) is 0.911. The first-order chi connectivity index (χ1) is 8.78. The molecule has 0 spiro atoms. The van der Waals surface area contributed by atoms with Crippen LogP contribution in [0.25, 0.3) is 0 Å². The van der Waals surface area contributed by atoms with Crippen LogP contribution in [0.15, 0.2) is 0 Å². The first-order valence-electron chi connectivity index (χ1n) is 8.15. The van der Waals surface area contributed by atoms with Gasteiger partial charge in [0.1, 0.15) is 0 Å². The van der Waals surface area contributed by atoms with E-state index in [1.54, 1.807) is 0 Å². The molecule has 2 nitrogen and oxygen atoms in total. The van der Waals surface area contributed by atoms with Crippen molar-refractivity contribution in [2.45, 2.75) is 77.4 Å². The standard InChI is InChI=1S/C16H31NO/c1-3-4-5-6-9-17-10-7-15(8-11-17)18-16-12-14(2)13-16/h14-16H,3-13H2,1-2H3. The van der Waals surface area contributed by atoms with Gasteiger partial charge in [-0.1, -0.05) is 33.1 Å². The Bertz CT molecular complexity index is 217. The predicted octanol–water partition coefficient (Wildman–Crippen LogP) is 3.85. The molecule has 1 saturated heterocycles. The second-order valence-corrected chi connectivity index (χ2v) is 6.44. The molecule has 106 valence electrons. The summed E-state index contributed by atoms with van der Waals surface area (Å²) in [6, 6.07) is 0. The molecule has 1 saturated carbocycles. The molecule has 0 radical (unpaired) electrons. The monoisotopic (exact) mass is 253 g/mol. The van der Waals surface area contributed by atoms with Gasteiger partial charge in [-0.15, -0.1) is 0 Å². The molecule has 1 aliphatic heterocycles. The molecular weight excluding hydrogens is 222 g/mol. The average molecular weight is 253 g/mol. The number of piperidine rings is 1. The van der Waals surface area contributed by atoms with E-state index in [4.69, 9.17) is 4.74 Å². The Morgan fingerprint density at radius 2 is 1.72 bits per heavy atom. The Hall–Kier alpha value is -0.0800. The first-order valence-corrected chi connectivity index (χ1v) is 8.15. The zero-order valence-electron chi connectivity index (χ0n) is 12.4. The molecule has 0 atom stereocenters. The molecule has 0 aromatic heterocycles. The van der Waals surface area contributed by atoms with Crippen LogP contribution in [0.5, 0.6) is 0 Å². The lowest BCUT2D eigenvalue weighted by Crippen LogP contribution is -2.41. The van der Waals surface area contributed by atoms with E-state index in [2.05, 4.69) is 18.7 Å². The Morgan fingerprint density at radius 3 is 2.33 bits per heavy atom. The van der Waals surface area contributed by atoms with Crippen molar-refractivity contribution in [2.24, 2.45) is 5.92 Å². The highest BCUT2D eigenvalue weighted by atomic mass is 16.5. The molecule has 18 heavy (non-hydrogen) atoms. The second-order valence-electron chi connectivity index (χ2n) is 6.44. The molecule has 2 fully saturated rings. The molecule has 2 rings (SSSR count). The summed E-state index contributed by atoms with van der Waals surface area (Å²) < 4.78 is 6.16. The number of ether oxygens (including phenoxy) is 1. The van der Waals surface area contributed by atoms with Crippen LogP contribution in [-0.4, -0.2) is 36.7 Å². The number of nitrogens with zero attached hydrogens (tertiary/aromatic N) is 1. The van der Waals surface area contributed by atoms with Crippen LogP contribution < -0.4 is 0 Å². The van der Waals surface area contributed by atoms with E-state index in [1.807, 2.05) is 0 Å². The van der Waals surface area contributed by atoms with Gasteiger partial charge in [0.2, 0.25) is 0 Å². The summed E-state index contributed by atoms with van der Waals surface area (Å²) in [6.45, 7) is 8.45. The van der Waals surface area contributed by atoms with Crippen molar-refractivity contribution in [3.63, 3.8) is 0 Å². The van der Waals surface area contributed by atoms with Crippen LogP contribution in [0.4, 0.5) is 0 Å². The maximum Gasteiger partial charge on any atom is 0.0603 e. The van der Waals surface area contributed by atoms with E-state index in [9.17, 15) is 0 Å². The first kappa shape index (κ1) is 14.3. The van der Waals surface area contributed by atoms with Crippen LogP contribution in [0, 0.1) is 5.92 Å². The zero-order valence-corrected chi connectivity index (χ0v) is 12.4. The lowest BCUT2D eigenvalue weighted by molar-refractivity contribution is -0.0905. The summed E-state index contributed by atoms with van der Waals surface area (Å²) in [5.41, 5.74) is 0. The fourth-order valence-electron chi connectivity index (χ4n) is 3.24. The number of hydrogen-bond acceptors (Lipinski definition) is 2. The van der Waals surface area contributed by atoms with E-state index < -0.39 is 0 Å². The van der Waals surface area contributed by atoms with Gasteiger partial charge >= 0.3 is 0 Å². The summed E-state index contributed by atoms with van der Waals surface area (Å²) in [5, 5.41) is 0. The van der Waals surface area contributed by atoms with E-state index >= 15 is 0 Å². The van der Waals surface area contributed by atoms with Crippen LogP contribution in [0.1, 0.15) is 65.2 Å². The van der Waals surface area contributed by atoms with Gasteiger partial charge in [0.25, 0.3) is 0 Å². The molecule has 0 N–H and O–H groups in total. The Kier molecular flexibility index (Phi) is 5.97. The summed E-state index contributed by atoms with van der Waals surface area (Å²) in [7, 11) is 0. The van der Waals surface area contributed by atoms with Gasteiger partial charge in [0.05, 0.1) is 12.2 Å². The third kappa shape index (κ3) is 4.55. The minimum atomic E-state index is 0.564. The van der Waals surface area contributed by atoms with Crippen LogP contribution in [0.3, 0.4) is 0 Å². The highest BCUT2D eigenvalue weighted by Crippen LogP contribution is 2.31. The van der Waals surface area contributed by atoms with E-state index in [0.717, 1.165) is 5.92 Å². The minimum absolute atomic E-state index is 0.564. The lowest BCUT2D eigenvalue weighted by atomic mass is 9.84. The molecule has 0 aromatic rings. The van der Waals surface area contributed by atoms with E-state index in [0.29, 0.717) is 12.2 Å². The Labute approximate surface area is 113 Å². The highest BCUT2D eigenvalue weighted by molar-refractivity contribution is 4.80. The van der Waals surface area contributed by atoms with Crippen molar-refractivity contribution < 1.29 is 4.74 Å². The molecule has 2 heteroatoms. The quantitative estimate of drug-likeness (QED) is 0.639. The Morgan fingerprint density at radius 1 is 1.00 bits per heavy atom. The zero-order chi connectivity index (χ0) is 12.8. The molecule has 0 unspecified atom stereocenters. The largest absolute Gasteiger partial charge is 0.375 e. The van der Waals surface area contributed by atoms with Gasteiger partial charge in [-0.3, -0.25) is 0 Å². The van der Waals surface area contributed by atoms with Gasteiger partial charge in [0.15, 0.2) is 0 Å². The van der Waals surface area contributed by atoms with Gasteiger partial charge in [0, 0.05) is 13.1 Å². The molecular formula is C16H31NO. The fraction of sp³-hybridized carbons (Fsp3) is 1.00. The molecule has 0 bridgehead atoms. The summed E-state index contributed by atoms with van der Waals surface area (Å²) in [4.78, 5) is 2.64. The SMILES string of the molecule is CCCCCCN1CCC(OC2CC(C)C2)CC1. The van der Waals surface area contributed by atoms with Gasteiger partial charge in [-0.05, 0) is 44.6 Å². The molecule has 0 amide bonds. The van der Waals surface area contributed by atoms with Gasteiger partial charge in [-0.2, -0.15) is 0 Å². The van der Waals surface area contributed by atoms with Crippen molar-refractivity contribution >= 4 is 0 Å². The fourth-order valence-corrected chi connectivity index (χ4v) is 3.24. The number of rotatable bonds is 7. The van der Waals surface area contributed by atoms with Crippen LogP contribution in [-0.2, 0) is 4.74 Å². The van der Waals surface area contributed by atoms with Crippen LogP contribution >= 0.6 is 0 Å². The minimum Gasteiger partial charge on any atom is -0.375 e. The molecule has 2 aliphatic rings. The molecule has 1 heterocycles. The van der Waals surface area contributed by atoms with Crippen molar-refractivity contribution in [3.05, 3.63) is 0 Å². The summed E-state index contributed by atoms with van der Waals surface area (Å²) >= 11 is 0. The molecule has 1 aliphatic carbocycles.